The number of nitrogens with zero attached hydrogens (tertiary/aromatic N) is 1. The van der Waals surface area contributed by atoms with Crippen LogP contribution >= 0.6 is 0 Å². The molecule has 0 aliphatic rings. The van der Waals surface area contributed by atoms with Crippen molar-refractivity contribution in [3.63, 3.8) is 0 Å². The van der Waals surface area contributed by atoms with E-state index in [-0.39, 0.29) is 17.2 Å². The summed E-state index contributed by atoms with van der Waals surface area (Å²) in [6.07, 6.45) is 0. The average molecular weight is 428 g/mol. The van der Waals surface area contributed by atoms with Crippen molar-refractivity contribution in [2.24, 2.45) is 0 Å². The lowest BCUT2D eigenvalue weighted by Gasteiger charge is -2.29. The predicted octanol–water partition coefficient (Wildman–Crippen LogP) is 6.99. The molecule has 3 N–H and O–H groups in total. The van der Waals surface area contributed by atoms with E-state index < -0.39 is 0 Å². The maximum Gasteiger partial charge on any atom is 0.129 e. The van der Waals surface area contributed by atoms with Gasteiger partial charge in [-0.25, -0.2) is 0 Å². The third-order valence-electron chi connectivity index (χ3n) is 5.51. The van der Waals surface area contributed by atoms with Crippen molar-refractivity contribution in [2.45, 2.75) is 20.8 Å². The molecule has 4 aromatic rings. The number of phenolic OH excluding ortho intramolecular Hbond substituents is 3. The number of hydrogen-bond donors (Lipinski definition) is 3. The van der Waals surface area contributed by atoms with E-state index in [2.05, 4.69) is 0 Å². The molecule has 4 rings (SSSR count). The van der Waals surface area contributed by atoms with Crippen LogP contribution in [0.1, 0.15) is 16.7 Å². The molecule has 0 aliphatic heterocycles. The Morgan fingerprint density at radius 3 is 1.75 bits per heavy atom. The van der Waals surface area contributed by atoms with Gasteiger partial charge in [-0.05, 0) is 80.9 Å². The summed E-state index contributed by atoms with van der Waals surface area (Å²) >= 11 is 0. The number of phenols is 3. The quantitative estimate of drug-likeness (QED) is 0.320. The van der Waals surface area contributed by atoms with Gasteiger partial charge in [0.05, 0.1) is 11.4 Å². The Balaban J connectivity index is 1.83. The van der Waals surface area contributed by atoms with Crippen LogP contribution < -0.4 is 9.64 Å². The van der Waals surface area contributed by atoms with Gasteiger partial charge < -0.3 is 25.0 Å². The van der Waals surface area contributed by atoms with Crippen LogP contribution in [0.3, 0.4) is 0 Å². The minimum absolute atomic E-state index is 0.192. The summed E-state index contributed by atoms with van der Waals surface area (Å²) in [5.74, 6) is 1.84. The summed E-state index contributed by atoms with van der Waals surface area (Å²) in [5, 5.41) is 30.5. The first kappa shape index (κ1) is 21.1. The normalized spacial score (nSPS) is 10.7. The van der Waals surface area contributed by atoms with Gasteiger partial charge in [0.2, 0.25) is 0 Å². The van der Waals surface area contributed by atoms with Gasteiger partial charge in [-0.1, -0.05) is 18.2 Å². The largest absolute Gasteiger partial charge is 0.508 e. The van der Waals surface area contributed by atoms with Crippen molar-refractivity contribution >= 4 is 17.1 Å². The maximum atomic E-state index is 10.3. The number of aryl methyl sites for hydroxylation is 1. The van der Waals surface area contributed by atoms with Crippen LogP contribution in [0.25, 0.3) is 0 Å². The monoisotopic (exact) mass is 427 g/mol. The molecule has 4 aromatic carbocycles. The molecule has 0 aromatic heterocycles. The topological polar surface area (TPSA) is 73.2 Å². The van der Waals surface area contributed by atoms with Gasteiger partial charge in [0.25, 0.3) is 0 Å². The lowest BCUT2D eigenvalue weighted by Crippen LogP contribution is -2.12. The second-order valence-electron chi connectivity index (χ2n) is 7.73. The molecule has 0 saturated heterocycles. The maximum absolute atomic E-state index is 10.3. The van der Waals surface area contributed by atoms with Crippen LogP contribution in [-0.2, 0) is 0 Å². The molecule has 0 atom stereocenters. The Morgan fingerprint density at radius 2 is 1.16 bits per heavy atom. The van der Waals surface area contributed by atoms with Crippen molar-refractivity contribution < 1.29 is 20.1 Å². The molecule has 0 fully saturated rings. The summed E-state index contributed by atoms with van der Waals surface area (Å²) in [4.78, 5) is 1.99. The summed E-state index contributed by atoms with van der Waals surface area (Å²) in [7, 11) is 0. The highest BCUT2D eigenvalue weighted by molar-refractivity contribution is 5.82. The van der Waals surface area contributed by atoms with Gasteiger partial charge in [0.15, 0.2) is 0 Å². The Kier molecular flexibility index (Phi) is 5.65. The third kappa shape index (κ3) is 4.05. The van der Waals surface area contributed by atoms with Crippen molar-refractivity contribution in [2.75, 3.05) is 4.90 Å². The van der Waals surface area contributed by atoms with Crippen molar-refractivity contribution in [1.29, 1.82) is 0 Å². The van der Waals surface area contributed by atoms with Gasteiger partial charge in [0, 0.05) is 22.9 Å². The van der Waals surface area contributed by atoms with E-state index in [1.807, 2.05) is 62.1 Å². The molecule has 0 saturated carbocycles. The molecule has 0 bridgehead atoms. The third-order valence-corrected chi connectivity index (χ3v) is 5.51. The summed E-state index contributed by atoms with van der Waals surface area (Å²) in [6, 6.07) is 23.4. The number of benzene rings is 4. The van der Waals surface area contributed by atoms with Crippen LogP contribution in [-0.4, -0.2) is 15.3 Å². The number of ether oxygens (including phenoxy) is 1. The SMILES string of the molecule is Cc1cc(Oc2cccc(N(c3cccc(O)c3C)c3cccc(O)c3C)c2)ccc1O. The Hall–Kier alpha value is -4.12. The summed E-state index contributed by atoms with van der Waals surface area (Å²) < 4.78 is 6.05. The van der Waals surface area contributed by atoms with E-state index >= 15 is 0 Å². The lowest BCUT2D eigenvalue weighted by atomic mass is 10.1. The van der Waals surface area contributed by atoms with Gasteiger partial charge >= 0.3 is 0 Å². The standard InChI is InChI=1S/C27H25NO4/c1-17-15-22(13-14-25(17)29)32-21-8-4-7-20(16-21)28(23-9-5-11-26(30)18(23)2)24-10-6-12-27(31)19(24)3/h4-16,29-31H,1-3H3. The molecular formula is C27H25NO4. The highest BCUT2D eigenvalue weighted by atomic mass is 16.5. The molecule has 162 valence electrons. The number of anilines is 3. The van der Waals surface area contributed by atoms with Gasteiger partial charge in [-0.2, -0.15) is 0 Å². The molecular weight excluding hydrogens is 402 g/mol. The molecule has 0 radical (unpaired) electrons. The average Bonchev–Trinajstić information content (AvgIpc) is 2.77. The smallest absolute Gasteiger partial charge is 0.129 e. The first-order valence-electron chi connectivity index (χ1n) is 10.3. The van der Waals surface area contributed by atoms with Gasteiger partial charge in [0.1, 0.15) is 28.7 Å². The minimum Gasteiger partial charge on any atom is -0.508 e. The number of aromatic hydroxyl groups is 3. The molecule has 0 spiro atoms. The van der Waals surface area contributed by atoms with E-state index in [1.165, 1.54) is 0 Å². The predicted molar refractivity (Wildman–Crippen MR) is 127 cm³/mol. The van der Waals surface area contributed by atoms with Gasteiger partial charge in [-0.3, -0.25) is 0 Å². The van der Waals surface area contributed by atoms with Gasteiger partial charge in [-0.15, -0.1) is 0 Å². The fourth-order valence-electron chi connectivity index (χ4n) is 3.63. The molecule has 0 aliphatic carbocycles. The molecule has 0 amide bonds. The van der Waals surface area contributed by atoms with Crippen LogP contribution in [0.4, 0.5) is 17.1 Å². The summed E-state index contributed by atoms with van der Waals surface area (Å²) in [5.41, 5.74) is 4.55. The zero-order valence-corrected chi connectivity index (χ0v) is 18.2. The first-order chi connectivity index (χ1) is 15.3. The lowest BCUT2D eigenvalue weighted by molar-refractivity contribution is 0.460. The highest BCUT2D eigenvalue weighted by Crippen LogP contribution is 2.43. The Morgan fingerprint density at radius 1 is 0.594 bits per heavy atom. The molecule has 5 heteroatoms. The molecule has 0 heterocycles. The second kappa shape index (κ2) is 8.55. The van der Waals surface area contributed by atoms with Crippen LogP contribution in [0.5, 0.6) is 28.7 Å². The fourth-order valence-corrected chi connectivity index (χ4v) is 3.63. The van der Waals surface area contributed by atoms with Crippen LogP contribution in [0.2, 0.25) is 0 Å². The molecule has 32 heavy (non-hydrogen) atoms. The van der Waals surface area contributed by atoms with E-state index in [0.717, 1.165) is 33.8 Å². The molecule has 5 nitrogen and oxygen atoms in total. The minimum atomic E-state index is 0.192. The fraction of sp³-hybridized carbons (Fsp3) is 0.111. The number of rotatable bonds is 5. The summed E-state index contributed by atoms with van der Waals surface area (Å²) in [6.45, 7) is 5.53. The zero-order valence-electron chi connectivity index (χ0n) is 18.2. The number of hydrogen-bond acceptors (Lipinski definition) is 5. The van der Waals surface area contributed by atoms with Crippen molar-refractivity contribution in [3.05, 3.63) is 95.6 Å². The van der Waals surface area contributed by atoms with E-state index in [1.54, 1.807) is 42.5 Å². The highest BCUT2D eigenvalue weighted by Gasteiger charge is 2.19. The van der Waals surface area contributed by atoms with E-state index in [4.69, 9.17) is 4.74 Å². The van der Waals surface area contributed by atoms with Crippen LogP contribution in [0.15, 0.2) is 78.9 Å². The first-order valence-corrected chi connectivity index (χ1v) is 10.3. The van der Waals surface area contributed by atoms with E-state index in [9.17, 15) is 15.3 Å². The second-order valence-corrected chi connectivity index (χ2v) is 7.73. The van der Waals surface area contributed by atoms with Crippen molar-refractivity contribution in [3.8, 4) is 28.7 Å². The zero-order chi connectivity index (χ0) is 22.8. The van der Waals surface area contributed by atoms with Crippen molar-refractivity contribution in [1.82, 2.24) is 0 Å². The Labute approximate surface area is 187 Å². The Bertz CT molecular complexity index is 1230. The van der Waals surface area contributed by atoms with E-state index in [0.29, 0.717) is 11.5 Å². The molecule has 0 unspecified atom stereocenters. The van der Waals surface area contributed by atoms with Crippen LogP contribution in [0, 0.1) is 20.8 Å².